The fraction of sp³-hybridized carbons (Fsp3) is 0.333. The summed E-state index contributed by atoms with van der Waals surface area (Å²) in [6.07, 6.45) is -0.900. The van der Waals surface area contributed by atoms with E-state index in [1.54, 1.807) is 30.3 Å². The molecule has 0 saturated carbocycles. The van der Waals surface area contributed by atoms with Crippen LogP contribution in [0.4, 0.5) is 23.4 Å². The second-order valence-corrected chi connectivity index (χ2v) is 12.9. The van der Waals surface area contributed by atoms with Crippen LogP contribution in [0.5, 0.6) is 11.5 Å². The molecule has 0 spiro atoms. The predicted octanol–water partition coefficient (Wildman–Crippen LogP) is 8.55. The number of nitrogens with zero attached hydrogens (tertiary/aromatic N) is 2. The first-order chi connectivity index (χ1) is 21.6. The number of nitrogens with two attached hydrogens (primary N) is 1. The van der Waals surface area contributed by atoms with Gasteiger partial charge in [-0.1, -0.05) is 37.6 Å². The summed E-state index contributed by atoms with van der Waals surface area (Å²) in [6.45, 7) is 5.58. The monoisotopic (exact) mass is 724 g/mol. The van der Waals surface area contributed by atoms with Crippen molar-refractivity contribution in [2.45, 2.75) is 52.1 Å². The van der Waals surface area contributed by atoms with Crippen molar-refractivity contribution in [1.29, 1.82) is 0 Å². The Kier molecular flexibility index (Phi) is 11.5. The summed E-state index contributed by atoms with van der Waals surface area (Å²) in [5.41, 5.74) is 9.91. The number of aliphatic hydroxyl groups is 1. The minimum absolute atomic E-state index is 0.144. The number of benzene rings is 2. The molecular formula is C33H34BrClF4N4O3. The number of hydrogen-bond donors (Lipinski definition) is 3. The summed E-state index contributed by atoms with van der Waals surface area (Å²) < 4.78 is 63.2. The quantitative estimate of drug-likeness (QED) is 0.117. The summed E-state index contributed by atoms with van der Waals surface area (Å²) in [7, 11) is 0. The number of halogens is 6. The lowest BCUT2D eigenvalue weighted by atomic mass is 9.93. The Morgan fingerprint density at radius 1 is 1.04 bits per heavy atom. The van der Waals surface area contributed by atoms with Gasteiger partial charge in [-0.15, -0.1) is 0 Å². The van der Waals surface area contributed by atoms with Crippen molar-refractivity contribution in [3.8, 4) is 33.8 Å². The molecule has 7 nitrogen and oxygen atoms in total. The number of aromatic nitrogens is 2. The summed E-state index contributed by atoms with van der Waals surface area (Å²) >= 11 is 9.02. The van der Waals surface area contributed by atoms with Crippen molar-refractivity contribution in [3.05, 3.63) is 87.5 Å². The fourth-order valence-electron chi connectivity index (χ4n) is 5.07. The Morgan fingerprint density at radius 2 is 1.78 bits per heavy atom. The van der Waals surface area contributed by atoms with Gasteiger partial charge >= 0.3 is 6.18 Å². The minimum atomic E-state index is -4.31. The van der Waals surface area contributed by atoms with Gasteiger partial charge in [0.1, 0.15) is 47.5 Å². The van der Waals surface area contributed by atoms with Crippen LogP contribution in [0.15, 0.2) is 65.5 Å². The Labute approximate surface area is 278 Å². The molecule has 5 rings (SSSR count). The number of fused-ring (bicyclic) bond motifs is 3. The molecule has 1 aliphatic heterocycles. The SMILES string of the molecule is CC(C)CC(C)(N)COc1ccc2c(c1)COc1cnc(NCC(F)(F)F)cc1-2.OCc1cc(Cl)ccc1-c1cc(Br)ncc1F. The standard InChI is InChI=1S/C21H26F3N3O2.C12H8BrClFNO/c1-13(2)8-20(3,25)12-29-15-4-5-16-14(6-15)10-28-18-9-26-19(7-17(16)18)27-11-21(22,23)24;13-12-4-10(11(15)5-16-12)9-2-1-8(14)3-7(9)6-17/h4-7,9,13H,8,10-12,25H2,1-3H3,(H,26,27);1-5,17H,6H2. The smallest absolute Gasteiger partial charge is 0.405 e. The molecule has 1 atom stereocenters. The number of nitrogens with one attached hydrogen (secondary N) is 1. The number of alkyl halides is 3. The Balaban J connectivity index is 0.000000240. The van der Waals surface area contributed by atoms with E-state index in [9.17, 15) is 22.7 Å². The van der Waals surface area contributed by atoms with Gasteiger partial charge in [-0.3, -0.25) is 0 Å². The van der Waals surface area contributed by atoms with Gasteiger partial charge in [0.25, 0.3) is 0 Å². The van der Waals surface area contributed by atoms with Crippen LogP contribution in [0.2, 0.25) is 5.02 Å². The number of hydrogen-bond acceptors (Lipinski definition) is 7. The van der Waals surface area contributed by atoms with E-state index in [-0.39, 0.29) is 12.4 Å². The molecule has 2 aromatic carbocycles. The van der Waals surface area contributed by atoms with Gasteiger partial charge in [-0.05, 0) is 88.3 Å². The maximum atomic E-state index is 13.7. The van der Waals surface area contributed by atoms with E-state index in [0.717, 1.165) is 23.7 Å². The van der Waals surface area contributed by atoms with Crippen molar-refractivity contribution >= 4 is 33.3 Å². The van der Waals surface area contributed by atoms with E-state index in [0.29, 0.717) is 62.5 Å². The zero-order valence-electron chi connectivity index (χ0n) is 25.4. The molecule has 0 bridgehead atoms. The number of anilines is 1. The Morgan fingerprint density at radius 3 is 2.48 bits per heavy atom. The second kappa shape index (κ2) is 15.0. The van der Waals surface area contributed by atoms with E-state index >= 15 is 0 Å². The predicted molar refractivity (Wildman–Crippen MR) is 174 cm³/mol. The normalized spacial score (nSPS) is 13.5. The van der Waals surface area contributed by atoms with Gasteiger partial charge in [-0.2, -0.15) is 13.2 Å². The molecule has 0 fully saturated rings. The highest BCUT2D eigenvalue weighted by Gasteiger charge is 2.27. The lowest BCUT2D eigenvalue weighted by Crippen LogP contribution is -2.43. The van der Waals surface area contributed by atoms with Crippen molar-refractivity contribution < 1.29 is 32.1 Å². The van der Waals surface area contributed by atoms with Gasteiger partial charge in [0.05, 0.1) is 19.0 Å². The van der Waals surface area contributed by atoms with Crippen molar-refractivity contribution in [2.75, 3.05) is 18.5 Å². The van der Waals surface area contributed by atoms with Crippen molar-refractivity contribution in [2.24, 2.45) is 11.7 Å². The van der Waals surface area contributed by atoms with E-state index < -0.39 is 24.1 Å². The first-order valence-corrected chi connectivity index (χ1v) is 15.5. The molecule has 4 N–H and O–H groups in total. The largest absolute Gasteiger partial charge is 0.492 e. The Hall–Kier alpha value is -3.45. The summed E-state index contributed by atoms with van der Waals surface area (Å²) in [4.78, 5) is 7.78. The molecule has 4 aromatic rings. The average Bonchev–Trinajstić information content (AvgIpc) is 2.99. The molecule has 46 heavy (non-hydrogen) atoms. The molecule has 0 saturated heterocycles. The first kappa shape index (κ1) is 35.4. The molecule has 2 aromatic heterocycles. The zero-order valence-corrected chi connectivity index (χ0v) is 27.7. The van der Waals surface area contributed by atoms with Crippen LogP contribution in [0.1, 0.15) is 38.3 Å². The lowest BCUT2D eigenvalue weighted by molar-refractivity contribution is -0.115. The molecular weight excluding hydrogens is 692 g/mol. The molecule has 0 radical (unpaired) electrons. The van der Waals surface area contributed by atoms with E-state index in [4.69, 9.17) is 26.8 Å². The highest BCUT2D eigenvalue weighted by Crippen LogP contribution is 2.40. The van der Waals surface area contributed by atoms with Gasteiger partial charge in [0.2, 0.25) is 0 Å². The zero-order chi connectivity index (χ0) is 33.6. The van der Waals surface area contributed by atoms with Crippen molar-refractivity contribution in [3.63, 3.8) is 0 Å². The van der Waals surface area contributed by atoms with E-state index in [1.807, 2.05) is 25.1 Å². The van der Waals surface area contributed by atoms with Crippen LogP contribution in [0, 0.1) is 11.7 Å². The van der Waals surface area contributed by atoms with Crippen LogP contribution >= 0.6 is 27.5 Å². The van der Waals surface area contributed by atoms with Gasteiger partial charge < -0.3 is 25.6 Å². The molecule has 3 heterocycles. The van der Waals surface area contributed by atoms with Gasteiger partial charge in [-0.25, -0.2) is 14.4 Å². The van der Waals surface area contributed by atoms with Crippen LogP contribution in [0.3, 0.4) is 0 Å². The molecule has 1 unspecified atom stereocenters. The number of aliphatic hydroxyl groups excluding tert-OH is 1. The van der Waals surface area contributed by atoms with Crippen molar-refractivity contribution in [1.82, 2.24) is 9.97 Å². The summed E-state index contributed by atoms with van der Waals surface area (Å²) in [6, 6.07) is 13.7. The van der Waals surface area contributed by atoms with Crippen LogP contribution in [0.25, 0.3) is 22.3 Å². The topological polar surface area (TPSA) is 103 Å². The molecule has 246 valence electrons. The third-order valence-electron chi connectivity index (χ3n) is 6.88. The van der Waals surface area contributed by atoms with Gasteiger partial charge in [0.15, 0.2) is 0 Å². The minimum Gasteiger partial charge on any atom is -0.492 e. The maximum Gasteiger partial charge on any atom is 0.405 e. The molecule has 13 heteroatoms. The summed E-state index contributed by atoms with van der Waals surface area (Å²) in [5.74, 6) is 1.39. The number of rotatable bonds is 9. The average molecular weight is 726 g/mol. The highest BCUT2D eigenvalue weighted by atomic mass is 79.9. The molecule has 0 amide bonds. The number of ether oxygens (including phenoxy) is 2. The lowest BCUT2D eigenvalue weighted by Gasteiger charge is -2.27. The highest BCUT2D eigenvalue weighted by molar-refractivity contribution is 9.10. The fourth-order valence-corrected chi connectivity index (χ4v) is 5.59. The third kappa shape index (κ3) is 9.78. The second-order valence-electron chi connectivity index (χ2n) is 11.6. The first-order valence-electron chi connectivity index (χ1n) is 14.3. The Bertz CT molecular complexity index is 1670. The number of pyridine rings is 2. The van der Waals surface area contributed by atoms with E-state index in [1.165, 1.54) is 6.20 Å². The third-order valence-corrected chi connectivity index (χ3v) is 7.55. The summed E-state index contributed by atoms with van der Waals surface area (Å²) in [5, 5.41) is 12.1. The maximum absolute atomic E-state index is 13.7. The van der Waals surface area contributed by atoms with Crippen LogP contribution in [-0.4, -0.2) is 39.9 Å². The van der Waals surface area contributed by atoms with Crippen LogP contribution < -0.4 is 20.5 Å². The van der Waals surface area contributed by atoms with Crippen LogP contribution in [-0.2, 0) is 13.2 Å². The molecule has 1 aliphatic rings. The van der Waals surface area contributed by atoms with E-state index in [2.05, 4.69) is 45.1 Å². The van der Waals surface area contributed by atoms with Gasteiger partial charge in [0, 0.05) is 27.3 Å². The molecule has 0 aliphatic carbocycles.